The number of nitrogens with two attached hydrogens (primary N) is 1. The van der Waals surface area contributed by atoms with Gasteiger partial charge in [0.1, 0.15) is 0 Å². The van der Waals surface area contributed by atoms with Gasteiger partial charge in [-0.2, -0.15) is 0 Å². The number of rotatable bonds is 3. The summed E-state index contributed by atoms with van der Waals surface area (Å²) >= 11 is 3.48. The molecule has 1 aromatic carbocycles. The minimum atomic E-state index is 0.502. The zero-order valence-corrected chi connectivity index (χ0v) is 12.9. The summed E-state index contributed by atoms with van der Waals surface area (Å²) in [5.41, 5.74) is 5.94. The molecule has 4 N–H and O–H groups in total. The fourth-order valence-corrected chi connectivity index (χ4v) is 2.31. The van der Waals surface area contributed by atoms with E-state index in [1.54, 1.807) is 0 Å². The number of benzene rings is 1. The monoisotopic (exact) mass is 312 g/mol. The van der Waals surface area contributed by atoms with Crippen molar-refractivity contribution in [3.63, 3.8) is 0 Å². The molecule has 0 fully saturated rings. The van der Waals surface area contributed by atoms with Crippen molar-refractivity contribution in [1.82, 2.24) is 5.43 Å². The maximum Gasteiger partial charge on any atom is 0.210 e. The van der Waals surface area contributed by atoms with Crippen LogP contribution in [0.1, 0.15) is 25.0 Å². The topological polar surface area (TPSA) is 62.4 Å². The van der Waals surface area contributed by atoms with Crippen LogP contribution in [0.15, 0.2) is 21.6 Å². The maximum absolute atomic E-state index is 5.48. The quantitative estimate of drug-likeness (QED) is 0.348. The molecule has 0 amide bonds. The average Bonchev–Trinajstić information content (AvgIpc) is 2.26. The third-order valence-electron chi connectivity index (χ3n) is 2.49. The molecule has 0 unspecified atom stereocenters. The molecule has 5 heteroatoms. The van der Waals surface area contributed by atoms with Crippen molar-refractivity contribution >= 4 is 27.6 Å². The van der Waals surface area contributed by atoms with Crippen molar-refractivity contribution in [2.45, 2.75) is 27.7 Å². The number of nitrogens with zero attached hydrogens (tertiary/aromatic N) is 1. The number of hydrazine groups is 1. The SMILES string of the molecule is Cc1cc(Br)cc(C)c1NC(=NCC(C)C)NN. The Morgan fingerprint density at radius 1 is 1.33 bits per heavy atom. The minimum absolute atomic E-state index is 0.502. The average molecular weight is 313 g/mol. The molecule has 0 aliphatic heterocycles. The molecule has 0 saturated heterocycles. The zero-order chi connectivity index (χ0) is 13.7. The van der Waals surface area contributed by atoms with E-state index in [0.29, 0.717) is 11.9 Å². The standard InChI is InChI=1S/C13H21BrN4/c1-8(2)7-16-13(18-15)17-12-9(3)5-11(14)6-10(12)4/h5-6,8H,7,15H2,1-4H3,(H2,16,17,18). The maximum atomic E-state index is 5.48. The molecule has 0 aliphatic rings. The van der Waals surface area contributed by atoms with E-state index in [1.807, 2.05) is 0 Å². The van der Waals surface area contributed by atoms with Crippen molar-refractivity contribution in [1.29, 1.82) is 0 Å². The molecule has 0 heterocycles. The second-order valence-electron chi connectivity index (χ2n) is 4.77. The molecule has 0 saturated carbocycles. The summed E-state index contributed by atoms with van der Waals surface area (Å²) in [5.74, 6) is 6.58. The Hall–Kier alpha value is -1.07. The first-order valence-corrected chi connectivity index (χ1v) is 6.78. The van der Waals surface area contributed by atoms with Crippen molar-refractivity contribution in [2.75, 3.05) is 11.9 Å². The van der Waals surface area contributed by atoms with Crippen LogP contribution in [0.4, 0.5) is 5.69 Å². The number of aryl methyl sites for hydroxylation is 2. The fraction of sp³-hybridized carbons (Fsp3) is 0.462. The van der Waals surface area contributed by atoms with E-state index < -0.39 is 0 Å². The highest BCUT2D eigenvalue weighted by molar-refractivity contribution is 9.10. The molecule has 1 rings (SSSR count). The first-order valence-electron chi connectivity index (χ1n) is 5.99. The first kappa shape index (κ1) is 15.0. The number of halogens is 1. The van der Waals surface area contributed by atoms with E-state index in [2.05, 4.69) is 71.5 Å². The van der Waals surface area contributed by atoms with Crippen LogP contribution in [0, 0.1) is 19.8 Å². The lowest BCUT2D eigenvalue weighted by molar-refractivity contribution is 0.663. The van der Waals surface area contributed by atoms with Crippen LogP contribution in [0.2, 0.25) is 0 Å². The van der Waals surface area contributed by atoms with Gasteiger partial charge < -0.3 is 5.32 Å². The van der Waals surface area contributed by atoms with Gasteiger partial charge in [-0.3, -0.25) is 10.4 Å². The Bertz CT molecular complexity index is 418. The highest BCUT2D eigenvalue weighted by atomic mass is 79.9. The Labute approximate surface area is 117 Å². The smallest absolute Gasteiger partial charge is 0.210 e. The number of aliphatic imine (C=N–C) groups is 1. The number of hydrogen-bond acceptors (Lipinski definition) is 2. The molecular formula is C13H21BrN4. The molecule has 0 bridgehead atoms. The van der Waals surface area contributed by atoms with E-state index in [9.17, 15) is 0 Å². The van der Waals surface area contributed by atoms with Gasteiger partial charge in [0.05, 0.1) is 0 Å². The molecule has 100 valence electrons. The lowest BCUT2D eigenvalue weighted by Gasteiger charge is -2.15. The molecule has 0 spiro atoms. The Morgan fingerprint density at radius 3 is 2.33 bits per heavy atom. The molecule has 0 atom stereocenters. The molecular weight excluding hydrogens is 292 g/mol. The normalized spacial score (nSPS) is 11.8. The van der Waals surface area contributed by atoms with E-state index in [4.69, 9.17) is 5.84 Å². The molecule has 0 aromatic heterocycles. The van der Waals surface area contributed by atoms with Gasteiger partial charge in [-0.25, -0.2) is 5.84 Å². The minimum Gasteiger partial charge on any atom is -0.325 e. The summed E-state index contributed by atoms with van der Waals surface area (Å²) in [5, 5.41) is 3.24. The molecule has 0 aliphatic carbocycles. The highest BCUT2D eigenvalue weighted by Gasteiger charge is 2.06. The second kappa shape index (κ2) is 6.75. The van der Waals surface area contributed by atoms with Crippen LogP contribution in [0.3, 0.4) is 0 Å². The van der Waals surface area contributed by atoms with Gasteiger partial charge in [-0.1, -0.05) is 29.8 Å². The van der Waals surface area contributed by atoms with Gasteiger partial charge in [0.25, 0.3) is 0 Å². The van der Waals surface area contributed by atoms with E-state index >= 15 is 0 Å². The molecule has 18 heavy (non-hydrogen) atoms. The van der Waals surface area contributed by atoms with Crippen LogP contribution in [-0.4, -0.2) is 12.5 Å². The highest BCUT2D eigenvalue weighted by Crippen LogP contribution is 2.24. The lowest BCUT2D eigenvalue weighted by atomic mass is 10.1. The van der Waals surface area contributed by atoms with Crippen molar-refractivity contribution in [3.05, 3.63) is 27.7 Å². The van der Waals surface area contributed by atoms with Gasteiger partial charge in [-0.05, 0) is 43.0 Å². The van der Waals surface area contributed by atoms with E-state index in [1.165, 1.54) is 0 Å². The lowest BCUT2D eigenvalue weighted by Crippen LogP contribution is -2.37. The van der Waals surface area contributed by atoms with Crippen molar-refractivity contribution in [3.8, 4) is 0 Å². The summed E-state index contributed by atoms with van der Waals surface area (Å²) in [4.78, 5) is 4.40. The Balaban J connectivity index is 2.92. The summed E-state index contributed by atoms with van der Waals surface area (Å²) in [7, 11) is 0. The third-order valence-corrected chi connectivity index (χ3v) is 2.95. The summed E-state index contributed by atoms with van der Waals surface area (Å²) < 4.78 is 1.07. The van der Waals surface area contributed by atoms with Crippen molar-refractivity contribution in [2.24, 2.45) is 16.8 Å². The fourth-order valence-electron chi connectivity index (χ4n) is 1.62. The van der Waals surface area contributed by atoms with Gasteiger partial charge in [0.2, 0.25) is 5.96 Å². The van der Waals surface area contributed by atoms with Gasteiger partial charge >= 0.3 is 0 Å². The molecule has 0 radical (unpaired) electrons. The van der Waals surface area contributed by atoms with Crippen LogP contribution in [0.25, 0.3) is 0 Å². The summed E-state index contributed by atoms with van der Waals surface area (Å²) in [6, 6.07) is 4.12. The Morgan fingerprint density at radius 2 is 1.89 bits per heavy atom. The zero-order valence-electron chi connectivity index (χ0n) is 11.3. The molecule has 1 aromatic rings. The number of anilines is 1. The van der Waals surface area contributed by atoms with Gasteiger partial charge in [0, 0.05) is 16.7 Å². The summed E-state index contributed by atoms with van der Waals surface area (Å²) in [6.45, 7) is 9.08. The van der Waals surface area contributed by atoms with Gasteiger partial charge in [0.15, 0.2) is 0 Å². The summed E-state index contributed by atoms with van der Waals surface area (Å²) in [6.07, 6.45) is 0. The largest absolute Gasteiger partial charge is 0.325 e. The number of nitrogens with one attached hydrogen (secondary N) is 2. The number of guanidine groups is 1. The van der Waals surface area contributed by atoms with Crippen molar-refractivity contribution < 1.29 is 0 Å². The van der Waals surface area contributed by atoms with Crippen LogP contribution in [0.5, 0.6) is 0 Å². The molecule has 4 nitrogen and oxygen atoms in total. The van der Waals surface area contributed by atoms with Crippen LogP contribution in [-0.2, 0) is 0 Å². The first-order chi connectivity index (χ1) is 8.43. The number of hydrogen-bond donors (Lipinski definition) is 3. The Kier molecular flexibility index (Phi) is 5.62. The van der Waals surface area contributed by atoms with Crippen LogP contribution >= 0.6 is 15.9 Å². The van der Waals surface area contributed by atoms with E-state index in [0.717, 1.165) is 27.8 Å². The predicted octanol–water partition coefficient (Wildman–Crippen LogP) is 2.95. The predicted molar refractivity (Wildman–Crippen MR) is 81.7 cm³/mol. The van der Waals surface area contributed by atoms with Crippen LogP contribution < -0.4 is 16.6 Å². The second-order valence-corrected chi connectivity index (χ2v) is 5.68. The van der Waals surface area contributed by atoms with Gasteiger partial charge in [-0.15, -0.1) is 0 Å². The third kappa shape index (κ3) is 4.31. The van der Waals surface area contributed by atoms with E-state index in [-0.39, 0.29) is 0 Å².